The van der Waals surface area contributed by atoms with Crippen LogP contribution in [0.2, 0.25) is 0 Å². The summed E-state index contributed by atoms with van der Waals surface area (Å²) in [6.45, 7) is 3.75. The molecule has 1 saturated heterocycles. The van der Waals surface area contributed by atoms with Crippen LogP contribution in [0.4, 0.5) is 0 Å². The molecule has 33 heavy (non-hydrogen) atoms. The van der Waals surface area contributed by atoms with Crippen molar-refractivity contribution in [3.8, 4) is 5.75 Å². The van der Waals surface area contributed by atoms with E-state index in [0.29, 0.717) is 42.9 Å². The van der Waals surface area contributed by atoms with Crippen LogP contribution in [0, 0.1) is 0 Å². The van der Waals surface area contributed by atoms with Gasteiger partial charge in [0, 0.05) is 36.8 Å². The highest BCUT2D eigenvalue weighted by molar-refractivity contribution is 7.99. The first kappa shape index (κ1) is 22.9. The molecule has 1 aliphatic heterocycles. The van der Waals surface area contributed by atoms with Crippen LogP contribution in [0.5, 0.6) is 5.75 Å². The Kier molecular flexibility index (Phi) is 7.03. The van der Waals surface area contributed by atoms with Gasteiger partial charge in [-0.25, -0.2) is 0 Å². The van der Waals surface area contributed by atoms with Crippen LogP contribution in [-0.2, 0) is 22.6 Å². The van der Waals surface area contributed by atoms with Crippen molar-refractivity contribution < 1.29 is 19.1 Å². The number of amides is 2. The number of carbonyl (C=O) groups excluding carboxylic acids is 3. The average Bonchev–Trinajstić information content (AvgIpc) is 3.16. The Labute approximate surface area is 196 Å². The molecule has 1 aromatic heterocycles. The molecule has 0 saturated carbocycles. The summed E-state index contributed by atoms with van der Waals surface area (Å²) in [5.41, 5.74) is 8.21. The molecule has 7 nitrogen and oxygen atoms in total. The molecule has 4 rings (SSSR count). The molecule has 2 aromatic carbocycles. The molecule has 172 valence electrons. The zero-order valence-electron chi connectivity index (χ0n) is 18.6. The highest BCUT2D eigenvalue weighted by Crippen LogP contribution is 2.35. The van der Waals surface area contributed by atoms with Gasteiger partial charge in [-0.15, -0.1) is 0 Å². The molecule has 0 aliphatic carbocycles. The van der Waals surface area contributed by atoms with E-state index in [4.69, 9.17) is 10.5 Å². The number of nitrogens with two attached hydrogens (primary N) is 1. The van der Waals surface area contributed by atoms with Crippen molar-refractivity contribution in [3.05, 3.63) is 65.4 Å². The molecule has 0 unspecified atom stereocenters. The Morgan fingerprint density at radius 1 is 1.03 bits per heavy atom. The number of primary amides is 1. The SMILES string of the molecule is CCc1c(C(=O)C(N)=O)c2c(OCC(=O)N3CCSCC3)cccc2n1Cc1ccccc1. The number of fused-ring (bicyclic) bond motifs is 1. The zero-order valence-corrected chi connectivity index (χ0v) is 19.4. The van der Waals surface area contributed by atoms with E-state index in [0.717, 1.165) is 22.6 Å². The van der Waals surface area contributed by atoms with E-state index in [-0.39, 0.29) is 18.1 Å². The molecule has 1 fully saturated rings. The van der Waals surface area contributed by atoms with Gasteiger partial charge in [0.15, 0.2) is 6.61 Å². The fourth-order valence-electron chi connectivity index (χ4n) is 4.27. The fourth-order valence-corrected chi connectivity index (χ4v) is 5.17. The van der Waals surface area contributed by atoms with Crippen molar-refractivity contribution in [2.75, 3.05) is 31.2 Å². The molecular weight excluding hydrogens is 438 g/mol. The van der Waals surface area contributed by atoms with Crippen LogP contribution in [0.25, 0.3) is 10.9 Å². The van der Waals surface area contributed by atoms with Crippen molar-refractivity contribution in [1.29, 1.82) is 0 Å². The summed E-state index contributed by atoms with van der Waals surface area (Å²) in [5.74, 6) is 0.383. The average molecular weight is 466 g/mol. The molecule has 8 heteroatoms. The van der Waals surface area contributed by atoms with Crippen LogP contribution < -0.4 is 10.5 Å². The van der Waals surface area contributed by atoms with Crippen molar-refractivity contribution in [3.63, 3.8) is 0 Å². The van der Waals surface area contributed by atoms with Crippen LogP contribution in [0.3, 0.4) is 0 Å². The van der Waals surface area contributed by atoms with Crippen LogP contribution in [-0.4, -0.2) is 58.3 Å². The Morgan fingerprint density at radius 3 is 2.42 bits per heavy atom. The number of ketones is 1. The topological polar surface area (TPSA) is 94.6 Å². The van der Waals surface area contributed by atoms with E-state index >= 15 is 0 Å². The maximum absolute atomic E-state index is 12.9. The summed E-state index contributed by atoms with van der Waals surface area (Å²) in [7, 11) is 0. The quantitative estimate of drug-likeness (QED) is 0.408. The predicted octanol–water partition coefficient (Wildman–Crippen LogP) is 2.87. The predicted molar refractivity (Wildman–Crippen MR) is 130 cm³/mol. The Balaban J connectivity index is 1.77. The first-order chi connectivity index (χ1) is 16.0. The second kappa shape index (κ2) is 10.1. The van der Waals surface area contributed by atoms with Crippen LogP contribution >= 0.6 is 11.8 Å². The summed E-state index contributed by atoms with van der Waals surface area (Å²) >= 11 is 1.83. The maximum atomic E-state index is 12.9. The lowest BCUT2D eigenvalue weighted by atomic mass is 10.0. The summed E-state index contributed by atoms with van der Waals surface area (Å²) in [5, 5.41) is 0.524. The van der Waals surface area contributed by atoms with Crippen LogP contribution in [0.1, 0.15) is 28.5 Å². The number of nitrogens with zero attached hydrogens (tertiary/aromatic N) is 2. The number of thioether (sulfide) groups is 1. The van der Waals surface area contributed by atoms with Gasteiger partial charge in [0.2, 0.25) is 0 Å². The number of hydrogen-bond acceptors (Lipinski definition) is 5. The fraction of sp³-hybridized carbons (Fsp3) is 0.320. The Morgan fingerprint density at radius 2 is 1.76 bits per heavy atom. The van der Waals surface area contributed by atoms with Gasteiger partial charge < -0.3 is 19.9 Å². The van der Waals surface area contributed by atoms with E-state index in [9.17, 15) is 14.4 Å². The monoisotopic (exact) mass is 465 g/mol. The van der Waals surface area contributed by atoms with Gasteiger partial charge in [-0.3, -0.25) is 14.4 Å². The zero-order chi connectivity index (χ0) is 23.4. The van der Waals surface area contributed by atoms with Crippen molar-refractivity contribution in [2.24, 2.45) is 5.73 Å². The lowest BCUT2D eigenvalue weighted by Crippen LogP contribution is -2.40. The van der Waals surface area contributed by atoms with E-state index in [1.54, 1.807) is 11.0 Å². The second-order valence-corrected chi connectivity index (χ2v) is 9.10. The van der Waals surface area contributed by atoms with Gasteiger partial charge in [-0.05, 0) is 24.1 Å². The number of Topliss-reactive ketones (excluding diaryl/α,β-unsaturated/α-hetero) is 1. The lowest BCUT2D eigenvalue weighted by Gasteiger charge is -2.26. The maximum Gasteiger partial charge on any atom is 0.289 e. The van der Waals surface area contributed by atoms with Gasteiger partial charge in [-0.2, -0.15) is 11.8 Å². The van der Waals surface area contributed by atoms with Gasteiger partial charge in [-0.1, -0.05) is 43.3 Å². The molecule has 0 radical (unpaired) electrons. The minimum absolute atomic E-state index is 0.0884. The third kappa shape index (κ3) is 4.75. The Bertz CT molecular complexity index is 1180. The van der Waals surface area contributed by atoms with Crippen molar-refractivity contribution in [2.45, 2.75) is 19.9 Å². The summed E-state index contributed by atoms with van der Waals surface area (Å²) < 4.78 is 7.98. The van der Waals surface area contributed by atoms with E-state index in [2.05, 4.69) is 0 Å². The Hall–Kier alpha value is -3.26. The molecule has 1 aliphatic rings. The number of ether oxygens (including phenoxy) is 1. The van der Waals surface area contributed by atoms with Gasteiger partial charge >= 0.3 is 0 Å². The molecule has 3 aromatic rings. The van der Waals surface area contributed by atoms with Crippen LogP contribution in [0.15, 0.2) is 48.5 Å². The van der Waals surface area contributed by atoms with Gasteiger partial charge in [0.25, 0.3) is 17.6 Å². The summed E-state index contributed by atoms with van der Waals surface area (Å²) in [6.07, 6.45) is 0.527. The molecule has 2 N–H and O–H groups in total. The number of hydrogen-bond donors (Lipinski definition) is 1. The van der Waals surface area contributed by atoms with Gasteiger partial charge in [0.05, 0.1) is 16.5 Å². The number of rotatable bonds is 8. The summed E-state index contributed by atoms with van der Waals surface area (Å²) in [6, 6.07) is 15.3. The highest BCUT2D eigenvalue weighted by atomic mass is 32.2. The third-order valence-electron chi connectivity index (χ3n) is 5.84. The first-order valence-corrected chi connectivity index (χ1v) is 12.2. The van der Waals surface area contributed by atoms with E-state index in [1.807, 2.05) is 65.7 Å². The van der Waals surface area contributed by atoms with Crippen molar-refractivity contribution >= 4 is 40.3 Å². The third-order valence-corrected chi connectivity index (χ3v) is 6.79. The molecular formula is C25H27N3O4S. The second-order valence-electron chi connectivity index (χ2n) is 7.87. The summed E-state index contributed by atoms with van der Waals surface area (Å²) in [4.78, 5) is 39.3. The largest absolute Gasteiger partial charge is 0.483 e. The number of benzene rings is 2. The molecule has 0 atom stereocenters. The van der Waals surface area contributed by atoms with Gasteiger partial charge in [0.1, 0.15) is 5.75 Å². The molecule has 2 heterocycles. The molecule has 2 amide bonds. The molecule has 0 bridgehead atoms. The standard InChI is InChI=1S/C25H27N3O4S/c1-2-18-23(24(30)25(26)31)22-19(28(18)15-17-7-4-3-5-8-17)9-6-10-20(22)32-16-21(29)27-11-13-33-14-12-27/h3-10H,2,11-16H2,1H3,(H2,26,31). The first-order valence-electron chi connectivity index (χ1n) is 11.0. The number of aromatic nitrogens is 1. The van der Waals surface area contributed by atoms with Crippen molar-refractivity contribution in [1.82, 2.24) is 9.47 Å². The minimum Gasteiger partial charge on any atom is -0.483 e. The lowest BCUT2D eigenvalue weighted by molar-refractivity contribution is -0.133. The normalized spacial score (nSPS) is 13.8. The van der Waals surface area contributed by atoms with E-state index in [1.165, 1.54) is 0 Å². The van der Waals surface area contributed by atoms with E-state index < -0.39 is 11.7 Å². The highest BCUT2D eigenvalue weighted by Gasteiger charge is 2.27. The minimum atomic E-state index is -1.01. The number of carbonyl (C=O) groups is 3. The molecule has 0 spiro atoms. The smallest absolute Gasteiger partial charge is 0.289 e.